The van der Waals surface area contributed by atoms with Crippen LogP contribution in [0.15, 0.2) is 42.7 Å². The number of likely N-dealkylation sites (tertiary alicyclic amines) is 1. The van der Waals surface area contributed by atoms with Crippen LogP contribution in [0, 0.1) is 0 Å². The first-order valence-electron chi connectivity index (χ1n) is 10.2. The maximum atomic E-state index is 13.0. The number of alkyl halides is 3. The van der Waals surface area contributed by atoms with Crippen LogP contribution in [-0.2, 0) is 11.4 Å². The number of halogens is 3. The Morgan fingerprint density at radius 2 is 2.03 bits per heavy atom. The quantitative estimate of drug-likeness (QED) is 0.666. The van der Waals surface area contributed by atoms with E-state index in [1.807, 2.05) is 11.4 Å². The average molecular weight is 451 g/mol. The van der Waals surface area contributed by atoms with Crippen LogP contribution in [-0.4, -0.2) is 53.6 Å². The van der Waals surface area contributed by atoms with Gasteiger partial charge in [0.05, 0.1) is 6.61 Å². The van der Waals surface area contributed by atoms with Crippen molar-refractivity contribution >= 4 is 11.8 Å². The van der Waals surface area contributed by atoms with E-state index in [1.165, 1.54) is 11.0 Å². The molecule has 2 amide bonds. The van der Waals surface area contributed by atoms with E-state index in [9.17, 15) is 22.8 Å². The smallest absolute Gasteiger partial charge is 0.405 e. The molecule has 0 spiro atoms. The normalized spacial score (nSPS) is 16.0. The molecule has 1 aromatic carbocycles. The molecule has 1 N–H and O–H groups in total. The largest absolute Gasteiger partial charge is 0.490 e. The summed E-state index contributed by atoms with van der Waals surface area (Å²) >= 11 is 0. The minimum Gasteiger partial charge on any atom is -0.490 e. The second-order valence-corrected chi connectivity index (χ2v) is 7.23. The highest BCUT2D eigenvalue weighted by Gasteiger charge is 2.36. The highest BCUT2D eigenvalue weighted by molar-refractivity contribution is 5.98. The summed E-state index contributed by atoms with van der Waals surface area (Å²) in [4.78, 5) is 30.6. The monoisotopic (exact) mass is 451 g/mol. The standard InChI is InChI=1S/C22H24F3N3O4/c1-2-31-19-11-16(7-8-18(19)32-13-15-5-3-9-26-12-15)21(30)28-10-4-6-17(28)20(29)27-14-22(23,24)25/h3,5,7-9,11-12,17H,2,4,6,10,13-14H2,1H3,(H,27,29). The SMILES string of the molecule is CCOc1cc(C(=O)N2CCCC2C(=O)NCC(F)(F)F)ccc1OCc1cccnc1. The third-order valence-corrected chi connectivity index (χ3v) is 4.89. The van der Waals surface area contributed by atoms with Crippen molar-refractivity contribution in [2.75, 3.05) is 19.7 Å². The third kappa shape index (κ3) is 6.12. The van der Waals surface area contributed by atoms with E-state index in [4.69, 9.17) is 9.47 Å². The van der Waals surface area contributed by atoms with Crippen LogP contribution in [0.5, 0.6) is 11.5 Å². The molecular weight excluding hydrogens is 427 g/mol. The molecule has 1 saturated heterocycles. The highest BCUT2D eigenvalue weighted by Crippen LogP contribution is 2.31. The van der Waals surface area contributed by atoms with Gasteiger partial charge in [-0.1, -0.05) is 6.07 Å². The molecular formula is C22H24F3N3O4. The number of hydrogen-bond acceptors (Lipinski definition) is 5. The van der Waals surface area contributed by atoms with Crippen LogP contribution in [0.1, 0.15) is 35.7 Å². The highest BCUT2D eigenvalue weighted by atomic mass is 19.4. The molecule has 1 unspecified atom stereocenters. The summed E-state index contributed by atoms with van der Waals surface area (Å²) < 4.78 is 48.7. The van der Waals surface area contributed by atoms with Crippen molar-refractivity contribution in [2.24, 2.45) is 0 Å². The van der Waals surface area contributed by atoms with Gasteiger partial charge >= 0.3 is 6.18 Å². The number of carbonyl (C=O) groups is 2. The molecule has 0 radical (unpaired) electrons. The van der Waals surface area contributed by atoms with E-state index in [1.54, 1.807) is 37.5 Å². The molecule has 2 aromatic rings. The van der Waals surface area contributed by atoms with Crippen molar-refractivity contribution in [1.82, 2.24) is 15.2 Å². The molecule has 7 nitrogen and oxygen atoms in total. The minimum atomic E-state index is -4.51. The number of nitrogens with zero attached hydrogens (tertiary/aromatic N) is 2. The van der Waals surface area contributed by atoms with Gasteiger partial charge in [0.25, 0.3) is 5.91 Å². The summed E-state index contributed by atoms with van der Waals surface area (Å²) in [6.45, 7) is 1.25. The van der Waals surface area contributed by atoms with Gasteiger partial charge in [0.2, 0.25) is 5.91 Å². The Morgan fingerprint density at radius 3 is 2.72 bits per heavy atom. The summed E-state index contributed by atoms with van der Waals surface area (Å²) in [6.07, 6.45) is -0.345. The van der Waals surface area contributed by atoms with Crippen molar-refractivity contribution in [3.05, 3.63) is 53.9 Å². The van der Waals surface area contributed by atoms with E-state index in [0.717, 1.165) is 5.56 Å². The molecule has 1 atom stereocenters. The molecule has 0 aliphatic carbocycles. The number of ether oxygens (including phenoxy) is 2. The van der Waals surface area contributed by atoms with Crippen molar-refractivity contribution in [2.45, 2.75) is 38.6 Å². The van der Waals surface area contributed by atoms with Gasteiger partial charge in [0.1, 0.15) is 19.2 Å². The van der Waals surface area contributed by atoms with Crippen LogP contribution < -0.4 is 14.8 Å². The number of aromatic nitrogens is 1. The van der Waals surface area contributed by atoms with Gasteiger partial charge in [-0.3, -0.25) is 14.6 Å². The number of carbonyl (C=O) groups excluding carboxylic acids is 2. The lowest BCUT2D eigenvalue weighted by Crippen LogP contribution is -2.48. The molecule has 1 aromatic heterocycles. The second kappa shape index (κ2) is 10.3. The van der Waals surface area contributed by atoms with Crippen LogP contribution in [0.4, 0.5) is 13.2 Å². The fourth-order valence-corrected chi connectivity index (χ4v) is 3.43. The van der Waals surface area contributed by atoms with Crippen LogP contribution >= 0.6 is 0 Å². The van der Waals surface area contributed by atoms with Crippen LogP contribution in [0.3, 0.4) is 0 Å². The lowest BCUT2D eigenvalue weighted by atomic mass is 10.1. The van der Waals surface area contributed by atoms with Gasteiger partial charge in [0.15, 0.2) is 11.5 Å². The van der Waals surface area contributed by atoms with Crippen molar-refractivity contribution in [3.63, 3.8) is 0 Å². The zero-order valence-corrected chi connectivity index (χ0v) is 17.5. The van der Waals surface area contributed by atoms with E-state index in [0.29, 0.717) is 30.9 Å². The Kier molecular flexibility index (Phi) is 7.55. The molecule has 1 fully saturated rings. The Hall–Kier alpha value is -3.30. The molecule has 1 aliphatic heterocycles. The summed E-state index contributed by atoms with van der Waals surface area (Å²) in [5.74, 6) is -0.461. The number of nitrogens with one attached hydrogen (secondary N) is 1. The van der Waals surface area contributed by atoms with Gasteiger partial charge in [0, 0.05) is 30.1 Å². The first-order chi connectivity index (χ1) is 15.3. The molecule has 32 heavy (non-hydrogen) atoms. The molecule has 172 valence electrons. The molecule has 0 saturated carbocycles. The van der Waals surface area contributed by atoms with Gasteiger partial charge < -0.3 is 19.7 Å². The summed E-state index contributed by atoms with van der Waals surface area (Å²) in [5, 5.41) is 1.87. The van der Waals surface area contributed by atoms with Gasteiger partial charge in [-0.2, -0.15) is 13.2 Å². The fraction of sp³-hybridized carbons (Fsp3) is 0.409. The average Bonchev–Trinajstić information content (AvgIpc) is 3.26. The summed E-state index contributed by atoms with van der Waals surface area (Å²) in [6, 6.07) is 7.38. The Bertz CT molecular complexity index is 938. The van der Waals surface area contributed by atoms with Crippen molar-refractivity contribution in [3.8, 4) is 11.5 Å². The van der Waals surface area contributed by atoms with Crippen molar-refractivity contribution in [1.29, 1.82) is 0 Å². The lowest BCUT2D eigenvalue weighted by Gasteiger charge is -2.24. The van der Waals surface area contributed by atoms with Gasteiger partial charge in [-0.05, 0) is 44.0 Å². The topological polar surface area (TPSA) is 80.8 Å². The Balaban J connectivity index is 1.72. The van der Waals surface area contributed by atoms with Gasteiger partial charge in [-0.25, -0.2) is 0 Å². The maximum absolute atomic E-state index is 13.0. The first kappa shape index (κ1) is 23.4. The van der Waals surface area contributed by atoms with E-state index in [-0.39, 0.29) is 18.7 Å². The summed E-state index contributed by atoms with van der Waals surface area (Å²) in [7, 11) is 0. The maximum Gasteiger partial charge on any atom is 0.405 e. The molecule has 2 heterocycles. The Morgan fingerprint density at radius 1 is 1.22 bits per heavy atom. The van der Waals surface area contributed by atoms with Gasteiger partial charge in [-0.15, -0.1) is 0 Å². The summed E-state index contributed by atoms with van der Waals surface area (Å²) in [5.41, 5.74) is 1.12. The van der Waals surface area contributed by atoms with Crippen LogP contribution in [0.25, 0.3) is 0 Å². The van der Waals surface area contributed by atoms with Crippen LogP contribution in [0.2, 0.25) is 0 Å². The lowest BCUT2D eigenvalue weighted by molar-refractivity contribution is -0.140. The fourth-order valence-electron chi connectivity index (χ4n) is 3.43. The zero-order valence-electron chi connectivity index (χ0n) is 17.5. The molecule has 1 aliphatic rings. The van der Waals surface area contributed by atoms with E-state index >= 15 is 0 Å². The number of pyridine rings is 1. The van der Waals surface area contributed by atoms with E-state index < -0.39 is 30.6 Å². The van der Waals surface area contributed by atoms with E-state index in [2.05, 4.69) is 4.98 Å². The number of hydrogen-bond donors (Lipinski definition) is 1. The molecule has 3 rings (SSSR count). The zero-order chi connectivity index (χ0) is 23.1. The Labute approximate surface area is 183 Å². The predicted molar refractivity (Wildman–Crippen MR) is 109 cm³/mol. The second-order valence-electron chi connectivity index (χ2n) is 7.23. The number of amides is 2. The number of benzene rings is 1. The minimum absolute atomic E-state index is 0.259. The predicted octanol–water partition coefficient (Wildman–Crippen LogP) is 3.34. The van der Waals surface area contributed by atoms with Crippen molar-refractivity contribution < 1.29 is 32.2 Å². The third-order valence-electron chi connectivity index (χ3n) is 4.89. The molecule has 10 heteroatoms. The first-order valence-corrected chi connectivity index (χ1v) is 10.2. The molecule has 0 bridgehead atoms. The number of rotatable bonds is 8.